The first kappa shape index (κ1) is 19.9. The van der Waals surface area contributed by atoms with Crippen LogP contribution in [0.5, 0.6) is 0 Å². The van der Waals surface area contributed by atoms with Gasteiger partial charge in [0, 0.05) is 24.6 Å². The summed E-state index contributed by atoms with van der Waals surface area (Å²) in [5.74, 6) is 0.0157. The van der Waals surface area contributed by atoms with Gasteiger partial charge in [-0.25, -0.2) is 0 Å². The van der Waals surface area contributed by atoms with Gasteiger partial charge >= 0.3 is 0 Å². The summed E-state index contributed by atoms with van der Waals surface area (Å²) in [6, 6.07) is 0.130. The van der Waals surface area contributed by atoms with E-state index in [1.54, 1.807) is 0 Å². The standard InChI is InChI=1S/C16H32N2O3/c1-8-17-14(20)15(4,5)9-10-21-16(6,7)11-13(19)18-12(2)3/h12H,8-11H2,1-7H3,(H,17,20)(H,18,19). The normalized spacial score (nSPS) is 12.4. The molecule has 5 nitrogen and oxygen atoms in total. The zero-order chi connectivity index (χ0) is 16.7. The topological polar surface area (TPSA) is 67.4 Å². The predicted molar refractivity (Wildman–Crippen MR) is 85.0 cm³/mol. The Kier molecular flexibility index (Phi) is 7.93. The van der Waals surface area contributed by atoms with Crippen LogP contribution in [0.2, 0.25) is 0 Å². The highest BCUT2D eigenvalue weighted by atomic mass is 16.5. The van der Waals surface area contributed by atoms with Crippen LogP contribution in [0.4, 0.5) is 0 Å². The van der Waals surface area contributed by atoms with Gasteiger partial charge in [-0.2, -0.15) is 0 Å². The molecule has 2 N–H and O–H groups in total. The van der Waals surface area contributed by atoms with Crippen molar-refractivity contribution < 1.29 is 14.3 Å². The molecule has 0 spiro atoms. The van der Waals surface area contributed by atoms with Crippen LogP contribution in [-0.4, -0.2) is 36.6 Å². The summed E-state index contributed by atoms with van der Waals surface area (Å²) in [4.78, 5) is 23.7. The van der Waals surface area contributed by atoms with Crippen molar-refractivity contribution in [1.29, 1.82) is 0 Å². The number of hydrogen-bond acceptors (Lipinski definition) is 3. The molecule has 0 heterocycles. The molecule has 0 fully saturated rings. The number of hydrogen-bond donors (Lipinski definition) is 2. The Balaban J connectivity index is 4.25. The van der Waals surface area contributed by atoms with Gasteiger partial charge in [0.25, 0.3) is 0 Å². The molecule has 0 bridgehead atoms. The molecule has 0 radical (unpaired) electrons. The van der Waals surface area contributed by atoms with E-state index in [-0.39, 0.29) is 17.9 Å². The lowest BCUT2D eigenvalue weighted by molar-refractivity contribution is -0.134. The molecule has 5 heteroatoms. The van der Waals surface area contributed by atoms with Gasteiger partial charge in [0.05, 0.1) is 12.0 Å². The molecule has 0 aliphatic carbocycles. The molecule has 124 valence electrons. The first-order valence-electron chi connectivity index (χ1n) is 7.72. The summed E-state index contributed by atoms with van der Waals surface area (Å²) >= 11 is 0. The van der Waals surface area contributed by atoms with E-state index in [1.165, 1.54) is 0 Å². The summed E-state index contributed by atoms with van der Waals surface area (Å²) in [5.41, 5.74) is -0.997. The van der Waals surface area contributed by atoms with E-state index in [0.29, 0.717) is 26.0 Å². The highest BCUT2D eigenvalue weighted by Gasteiger charge is 2.29. The number of carbonyl (C=O) groups is 2. The molecule has 0 aromatic rings. The summed E-state index contributed by atoms with van der Waals surface area (Å²) in [7, 11) is 0. The summed E-state index contributed by atoms with van der Waals surface area (Å²) < 4.78 is 5.81. The third-order valence-corrected chi connectivity index (χ3v) is 3.21. The molecule has 0 unspecified atom stereocenters. The second-order valence-corrected chi connectivity index (χ2v) is 7.00. The highest BCUT2D eigenvalue weighted by Crippen LogP contribution is 2.23. The van der Waals surface area contributed by atoms with Gasteiger partial charge in [-0.05, 0) is 41.0 Å². The van der Waals surface area contributed by atoms with Gasteiger partial charge in [-0.15, -0.1) is 0 Å². The molecule has 0 aliphatic heterocycles. The third kappa shape index (κ3) is 8.71. The summed E-state index contributed by atoms with van der Waals surface area (Å²) in [5, 5.41) is 5.69. The maximum absolute atomic E-state index is 11.9. The maximum Gasteiger partial charge on any atom is 0.225 e. The number of carbonyl (C=O) groups excluding carboxylic acids is 2. The quantitative estimate of drug-likeness (QED) is 0.686. The van der Waals surface area contributed by atoms with Gasteiger partial charge in [0.15, 0.2) is 0 Å². The van der Waals surface area contributed by atoms with Crippen LogP contribution in [0.3, 0.4) is 0 Å². The predicted octanol–water partition coefficient (Wildman–Crippen LogP) is 2.25. The van der Waals surface area contributed by atoms with Crippen molar-refractivity contribution in [1.82, 2.24) is 10.6 Å². The molecular weight excluding hydrogens is 268 g/mol. The SMILES string of the molecule is CCNC(=O)C(C)(C)CCOC(C)(C)CC(=O)NC(C)C. The van der Waals surface area contributed by atoms with Crippen molar-refractivity contribution in [2.45, 2.75) is 73.0 Å². The van der Waals surface area contributed by atoms with Crippen LogP contribution in [0.25, 0.3) is 0 Å². The van der Waals surface area contributed by atoms with E-state index in [9.17, 15) is 9.59 Å². The van der Waals surface area contributed by atoms with Crippen LogP contribution in [-0.2, 0) is 14.3 Å². The first-order valence-corrected chi connectivity index (χ1v) is 7.72. The zero-order valence-electron chi connectivity index (χ0n) is 14.6. The Morgan fingerprint density at radius 3 is 2.19 bits per heavy atom. The minimum absolute atomic E-state index is 0.0158. The minimum Gasteiger partial charge on any atom is -0.375 e. The van der Waals surface area contributed by atoms with Crippen LogP contribution < -0.4 is 10.6 Å². The van der Waals surface area contributed by atoms with E-state index in [2.05, 4.69) is 10.6 Å². The van der Waals surface area contributed by atoms with E-state index in [0.717, 1.165) is 0 Å². The maximum atomic E-state index is 11.9. The first-order chi connectivity index (χ1) is 9.50. The number of amides is 2. The van der Waals surface area contributed by atoms with Gasteiger partial charge in [0.2, 0.25) is 11.8 Å². The molecule has 2 amide bonds. The lowest BCUT2D eigenvalue weighted by Crippen LogP contribution is -2.40. The van der Waals surface area contributed by atoms with Crippen molar-refractivity contribution in [2.24, 2.45) is 5.41 Å². The Morgan fingerprint density at radius 1 is 1.14 bits per heavy atom. The van der Waals surface area contributed by atoms with E-state index >= 15 is 0 Å². The van der Waals surface area contributed by atoms with Gasteiger partial charge < -0.3 is 15.4 Å². The lowest BCUT2D eigenvalue weighted by atomic mass is 9.88. The molecular formula is C16H32N2O3. The average Bonchev–Trinajstić information content (AvgIpc) is 2.26. The lowest BCUT2D eigenvalue weighted by Gasteiger charge is -2.28. The fraction of sp³-hybridized carbons (Fsp3) is 0.875. The van der Waals surface area contributed by atoms with Crippen molar-refractivity contribution in [3.8, 4) is 0 Å². The molecule has 0 aliphatic rings. The number of rotatable bonds is 9. The number of nitrogens with one attached hydrogen (secondary N) is 2. The van der Waals surface area contributed by atoms with Crippen molar-refractivity contribution in [2.75, 3.05) is 13.2 Å². The summed E-state index contributed by atoms with van der Waals surface area (Å²) in [6.45, 7) is 14.4. The Hall–Kier alpha value is -1.10. The van der Waals surface area contributed by atoms with Crippen molar-refractivity contribution >= 4 is 11.8 Å². The number of ether oxygens (including phenoxy) is 1. The second-order valence-electron chi connectivity index (χ2n) is 7.00. The van der Waals surface area contributed by atoms with Crippen LogP contribution in [0.15, 0.2) is 0 Å². The highest BCUT2D eigenvalue weighted by molar-refractivity contribution is 5.81. The van der Waals surface area contributed by atoms with Crippen LogP contribution >= 0.6 is 0 Å². The van der Waals surface area contributed by atoms with Crippen LogP contribution in [0.1, 0.15) is 61.3 Å². The van der Waals surface area contributed by atoms with E-state index in [4.69, 9.17) is 4.74 Å². The third-order valence-electron chi connectivity index (χ3n) is 3.21. The van der Waals surface area contributed by atoms with E-state index < -0.39 is 11.0 Å². The summed E-state index contributed by atoms with van der Waals surface area (Å²) in [6.07, 6.45) is 0.931. The van der Waals surface area contributed by atoms with Gasteiger partial charge in [0.1, 0.15) is 0 Å². The van der Waals surface area contributed by atoms with Gasteiger partial charge in [-0.3, -0.25) is 9.59 Å². The molecule has 21 heavy (non-hydrogen) atoms. The molecule has 0 aromatic heterocycles. The zero-order valence-corrected chi connectivity index (χ0v) is 14.6. The average molecular weight is 300 g/mol. The second kappa shape index (κ2) is 8.37. The van der Waals surface area contributed by atoms with Crippen molar-refractivity contribution in [3.05, 3.63) is 0 Å². The van der Waals surface area contributed by atoms with Crippen LogP contribution in [0, 0.1) is 5.41 Å². The van der Waals surface area contributed by atoms with E-state index in [1.807, 2.05) is 48.5 Å². The Bertz CT molecular complexity index is 349. The Labute approximate surface area is 129 Å². The fourth-order valence-corrected chi connectivity index (χ4v) is 1.91. The molecule has 0 atom stereocenters. The van der Waals surface area contributed by atoms with Crippen molar-refractivity contribution in [3.63, 3.8) is 0 Å². The monoisotopic (exact) mass is 300 g/mol. The molecule has 0 rings (SSSR count). The van der Waals surface area contributed by atoms with Gasteiger partial charge in [-0.1, -0.05) is 13.8 Å². The minimum atomic E-state index is -0.531. The smallest absolute Gasteiger partial charge is 0.225 e. The molecule has 0 aromatic carbocycles. The molecule has 0 saturated carbocycles. The fourth-order valence-electron chi connectivity index (χ4n) is 1.91. The molecule has 0 saturated heterocycles. The Morgan fingerprint density at radius 2 is 1.71 bits per heavy atom. The largest absolute Gasteiger partial charge is 0.375 e.